The summed E-state index contributed by atoms with van der Waals surface area (Å²) in [4.78, 5) is 10.3. The highest BCUT2D eigenvalue weighted by molar-refractivity contribution is 5.68. The molecule has 3 aromatic rings. The second-order valence-corrected chi connectivity index (χ2v) is 10.1. The second kappa shape index (κ2) is 7.69. The van der Waals surface area contributed by atoms with Crippen LogP contribution in [0.15, 0.2) is 43.1 Å². The Morgan fingerprint density at radius 2 is 2.00 bits per heavy atom. The Hall–Kier alpha value is -3.14. The Morgan fingerprint density at radius 3 is 2.62 bits per heavy atom. The van der Waals surface area contributed by atoms with Gasteiger partial charge in [-0.15, -0.1) is 10.2 Å². The fourth-order valence-electron chi connectivity index (χ4n) is 6.05. The molecule has 2 aliphatic carbocycles. The Labute approximate surface area is 196 Å². The maximum Gasteiger partial charge on any atom is 0.254 e. The van der Waals surface area contributed by atoms with E-state index in [4.69, 9.17) is 4.74 Å². The number of methoxy groups -OCH3 is 1. The highest BCUT2D eigenvalue weighted by Crippen LogP contribution is 2.66. The van der Waals surface area contributed by atoms with Crippen LogP contribution in [0.3, 0.4) is 0 Å². The number of aromatic hydroxyl groups is 1. The molecule has 0 amide bonds. The van der Waals surface area contributed by atoms with Gasteiger partial charge < -0.3 is 19.3 Å². The number of anilines is 1. The summed E-state index contributed by atoms with van der Waals surface area (Å²) in [5.74, 6) is -2.39. The zero-order valence-corrected chi connectivity index (χ0v) is 19.6. The average Bonchev–Trinajstić information content (AvgIpc) is 3.37. The van der Waals surface area contributed by atoms with E-state index in [0.29, 0.717) is 23.6 Å². The second-order valence-electron chi connectivity index (χ2n) is 10.1. The van der Waals surface area contributed by atoms with Crippen LogP contribution in [0.1, 0.15) is 33.1 Å². The van der Waals surface area contributed by atoms with Crippen LogP contribution >= 0.6 is 0 Å². The first-order valence-electron chi connectivity index (χ1n) is 11.2. The summed E-state index contributed by atoms with van der Waals surface area (Å²) in [6.45, 7) is 3.56. The molecule has 1 N–H and O–H groups in total. The predicted octanol–water partition coefficient (Wildman–Crippen LogP) is 4.10. The van der Waals surface area contributed by atoms with E-state index >= 15 is 0 Å². The fourth-order valence-corrected chi connectivity index (χ4v) is 6.05. The van der Waals surface area contributed by atoms with E-state index in [-0.39, 0.29) is 30.7 Å². The number of imidazole rings is 1. The molecule has 0 radical (unpaired) electrons. The molecule has 2 fully saturated rings. The van der Waals surface area contributed by atoms with Crippen molar-refractivity contribution in [2.45, 2.75) is 51.2 Å². The largest absolute Gasteiger partial charge is 0.507 e. The number of hydrogen-bond acceptors (Lipinski definition) is 7. The lowest BCUT2D eigenvalue weighted by atomic mass is 9.66. The minimum atomic E-state index is -2.75. The van der Waals surface area contributed by atoms with Crippen LogP contribution in [-0.2, 0) is 4.74 Å². The topological polar surface area (TPSA) is 89.2 Å². The highest BCUT2D eigenvalue weighted by Gasteiger charge is 2.69. The fraction of sp³-hybridized carbons (Fsp3) is 0.500. The number of phenols is 1. The SMILES string of the molecule is CO[C@@H]1[C@@H](N(C)c2ncc(-c3ccc(-n4ccnc4)cc3O)nn2)C[C@@]2(C)C[C@]1(C)CC2(F)F. The molecule has 0 aliphatic heterocycles. The smallest absolute Gasteiger partial charge is 0.254 e. The van der Waals surface area contributed by atoms with E-state index in [1.807, 2.05) is 13.0 Å². The van der Waals surface area contributed by atoms with Gasteiger partial charge in [0.15, 0.2) is 0 Å². The van der Waals surface area contributed by atoms with Gasteiger partial charge in [-0.1, -0.05) is 13.8 Å². The van der Waals surface area contributed by atoms with Crippen molar-refractivity contribution >= 4 is 5.95 Å². The van der Waals surface area contributed by atoms with Crippen LogP contribution < -0.4 is 4.90 Å². The Bertz CT molecular complexity index is 1180. The summed E-state index contributed by atoms with van der Waals surface area (Å²) >= 11 is 0. The van der Waals surface area contributed by atoms with E-state index < -0.39 is 16.8 Å². The molecule has 8 nitrogen and oxygen atoms in total. The van der Waals surface area contributed by atoms with E-state index in [1.54, 1.807) is 61.4 Å². The van der Waals surface area contributed by atoms with Gasteiger partial charge in [0.1, 0.15) is 11.4 Å². The van der Waals surface area contributed by atoms with Crippen LogP contribution in [-0.4, -0.2) is 62.1 Å². The molecular formula is C24H28F2N6O2. The number of alkyl halides is 2. The molecule has 2 bridgehead atoms. The number of fused-ring (bicyclic) bond motifs is 2. The van der Waals surface area contributed by atoms with Crippen LogP contribution in [0.4, 0.5) is 14.7 Å². The Balaban J connectivity index is 1.40. The monoisotopic (exact) mass is 470 g/mol. The molecule has 1 aromatic carbocycles. The van der Waals surface area contributed by atoms with Gasteiger partial charge in [-0.05, 0) is 25.0 Å². The number of aromatic nitrogens is 5. The molecule has 180 valence electrons. The normalized spacial score (nSPS) is 29.8. The van der Waals surface area contributed by atoms with E-state index in [2.05, 4.69) is 20.2 Å². The van der Waals surface area contributed by atoms with Crippen molar-refractivity contribution in [2.24, 2.45) is 10.8 Å². The van der Waals surface area contributed by atoms with E-state index in [0.717, 1.165) is 5.69 Å². The number of rotatable bonds is 5. The average molecular weight is 471 g/mol. The predicted molar refractivity (Wildman–Crippen MR) is 122 cm³/mol. The molecule has 0 spiro atoms. The van der Waals surface area contributed by atoms with E-state index in [1.165, 1.54) is 6.20 Å². The van der Waals surface area contributed by atoms with Crippen LogP contribution in [0.5, 0.6) is 5.75 Å². The van der Waals surface area contributed by atoms with Crippen molar-refractivity contribution in [3.8, 4) is 22.7 Å². The first-order chi connectivity index (χ1) is 16.1. The number of ether oxygens (including phenoxy) is 1. The van der Waals surface area contributed by atoms with E-state index in [9.17, 15) is 13.9 Å². The van der Waals surface area contributed by atoms with Crippen LogP contribution in [0, 0.1) is 10.8 Å². The molecule has 2 heterocycles. The number of nitrogens with zero attached hydrogens (tertiary/aromatic N) is 6. The summed E-state index contributed by atoms with van der Waals surface area (Å²) in [7, 11) is 3.37. The van der Waals surface area contributed by atoms with Gasteiger partial charge >= 0.3 is 0 Å². The van der Waals surface area contributed by atoms with Gasteiger partial charge in [-0.3, -0.25) is 0 Å². The van der Waals surface area contributed by atoms with Crippen molar-refractivity contribution in [1.82, 2.24) is 24.7 Å². The van der Waals surface area contributed by atoms with Gasteiger partial charge in [0, 0.05) is 55.4 Å². The zero-order chi connectivity index (χ0) is 24.3. The lowest BCUT2D eigenvalue weighted by Crippen LogP contribution is -2.55. The number of benzene rings is 1. The molecule has 2 saturated carbocycles. The summed E-state index contributed by atoms with van der Waals surface area (Å²) in [5, 5.41) is 19.1. The quantitative estimate of drug-likeness (QED) is 0.601. The van der Waals surface area contributed by atoms with Gasteiger partial charge in [-0.2, -0.15) is 0 Å². The standard InChI is InChI=1S/C24H28F2N6O2/c1-22-12-23(2,24(25,26)13-22)10-18(20(22)34-4)31(3)21-28-11-17(29-30-21)16-6-5-15(9-19(16)33)32-8-7-27-14-32/h5-9,11,14,18,20,33H,10,12-13H2,1-4H3/t18-,20+,22+,23-/m0/s1. The highest BCUT2D eigenvalue weighted by atomic mass is 19.3. The molecule has 34 heavy (non-hydrogen) atoms. The summed E-state index contributed by atoms with van der Waals surface area (Å²) < 4.78 is 37.4. The molecule has 5 rings (SSSR count). The third-order valence-corrected chi connectivity index (χ3v) is 7.68. The Morgan fingerprint density at radius 1 is 1.21 bits per heavy atom. The minimum absolute atomic E-state index is 0.0368. The third-order valence-electron chi connectivity index (χ3n) is 7.68. The zero-order valence-electron chi connectivity index (χ0n) is 19.6. The molecule has 0 unspecified atom stereocenters. The first-order valence-corrected chi connectivity index (χ1v) is 11.2. The maximum absolute atomic E-state index is 14.9. The number of phenolic OH excluding ortho intramolecular Hbond substituents is 1. The molecule has 0 saturated heterocycles. The van der Waals surface area contributed by atoms with Gasteiger partial charge in [0.2, 0.25) is 5.95 Å². The van der Waals surface area contributed by atoms with Crippen molar-refractivity contribution in [1.29, 1.82) is 0 Å². The van der Waals surface area contributed by atoms with Crippen molar-refractivity contribution < 1.29 is 18.6 Å². The molecular weight excluding hydrogens is 442 g/mol. The van der Waals surface area contributed by atoms with Crippen molar-refractivity contribution in [3.05, 3.63) is 43.1 Å². The van der Waals surface area contributed by atoms with Gasteiger partial charge in [0.05, 0.1) is 30.4 Å². The molecule has 2 aromatic heterocycles. The summed E-state index contributed by atoms with van der Waals surface area (Å²) in [6.07, 6.45) is 6.72. The van der Waals surface area contributed by atoms with Gasteiger partial charge in [-0.25, -0.2) is 18.7 Å². The van der Waals surface area contributed by atoms with Crippen molar-refractivity contribution in [3.63, 3.8) is 0 Å². The maximum atomic E-state index is 14.9. The van der Waals surface area contributed by atoms with Crippen LogP contribution in [0.2, 0.25) is 0 Å². The summed E-state index contributed by atoms with van der Waals surface area (Å²) in [6, 6.07) is 4.86. The van der Waals surface area contributed by atoms with Crippen molar-refractivity contribution in [2.75, 3.05) is 19.1 Å². The number of hydrogen-bond donors (Lipinski definition) is 1. The number of halogens is 2. The third kappa shape index (κ3) is 3.43. The lowest BCUT2D eigenvalue weighted by Gasteiger charge is -2.48. The molecule has 4 atom stereocenters. The molecule has 10 heteroatoms. The van der Waals surface area contributed by atoms with Gasteiger partial charge in [0.25, 0.3) is 5.92 Å². The minimum Gasteiger partial charge on any atom is -0.507 e. The Kier molecular flexibility index (Phi) is 5.12. The van der Waals surface area contributed by atoms with Crippen LogP contribution in [0.25, 0.3) is 16.9 Å². The summed E-state index contributed by atoms with van der Waals surface area (Å²) in [5.41, 5.74) is -0.0912. The first kappa shape index (κ1) is 22.6. The molecule has 2 aliphatic rings. The lowest BCUT2D eigenvalue weighted by molar-refractivity contribution is -0.0993. The number of likely N-dealkylation sites (N-methyl/N-ethyl adjacent to an activating group) is 1.